The van der Waals surface area contributed by atoms with Crippen molar-refractivity contribution in [1.82, 2.24) is 10.1 Å². The maximum atomic E-state index is 12.3. The van der Waals surface area contributed by atoms with Crippen LogP contribution in [0.1, 0.15) is 63.5 Å². The molecule has 2 rings (SSSR count). The van der Waals surface area contributed by atoms with Crippen LogP contribution >= 0.6 is 0 Å². The van der Waals surface area contributed by atoms with Crippen LogP contribution in [-0.4, -0.2) is 22.5 Å². The second kappa shape index (κ2) is 6.67. The highest BCUT2D eigenvalue weighted by Gasteiger charge is 2.34. The normalized spacial score (nSPS) is 22.0. The molecule has 1 aromatic heterocycles. The summed E-state index contributed by atoms with van der Waals surface area (Å²) in [5, 5.41) is 3.99. The molecule has 0 aliphatic carbocycles. The predicted molar refractivity (Wildman–Crippen MR) is 87.4 cm³/mol. The highest BCUT2D eigenvalue weighted by Crippen LogP contribution is 2.35. The zero-order chi connectivity index (χ0) is 16.3. The predicted octanol–water partition coefficient (Wildman–Crippen LogP) is 4.17. The van der Waals surface area contributed by atoms with E-state index < -0.39 is 0 Å². The van der Waals surface area contributed by atoms with E-state index >= 15 is 0 Å². The number of rotatable bonds is 5. The van der Waals surface area contributed by atoms with Crippen LogP contribution in [0.5, 0.6) is 0 Å². The van der Waals surface area contributed by atoms with Crippen molar-refractivity contribution in [1.29, 1.82) is 0 Å². The summed E-state index contributed by atoms with van der Waals surface area (Å²) in [4.78, 5) is 14.3. The SMILES string of the molecule is CC(C)=CCC[C@@]1(C)CCC(=O)N(Cc2c(C)noc2C)C1. The van der Waals surface area contributed by atoms with Crippen molar-refractivity contribution in [3.63, 3.8) is 0 Å². The molecule has 1 amide bonds. The van der Waals surface area contributed by atoms with Gasteiger partial charge in [0.1, 0.15) is 5.76 Å². The largest absolute Gasteiger partial charge is 0.361 e. The number of aryl methyl sites for hydroxylation is 2. The van der Waals surface area contributed by atoms with Crippen molar-refractivity contribution in [2.45, 2.75) is 66.8 Å². The van der Waals surface area contributed by atoms with Crippen molar-refractivity contribution in [2.75, 3.05) is 6.54 Å². The first kappa shape index (κ1) is 16.8. The minimum Gasteiger partial charge on any atom is -0.361 e. The Morgan fingerprint density at radius 3 is 2.73 bits per heavy atom. The molecule has 1 aliphatic rings. The molecule has 0 spiro atoms. The van der Waals surface area contributed by atoms with E-state index in [0.717, 1.165) is 42.8 Å². The summed E-state index contributed by atoms with van der Waals surface area (Å²) in [5.41, 5.74) is 3.52. The van der Waals surface area contributed by atoms with Gasteiger partial charge in [0, 0.05) is 18.5 Å². The van der Waals surface area contributed by atoms with Crippen molar-refractivity contribution in [3.8, 4) is 0 Å². The minimum atomic E-state index is 0.207. The molecule has 1 aromatic rings. The van der Waals surface area contributed by atoms with Gasteiger partial charge in [0.15, 0.2) is 0 Å². The third-order valence-corrected chi connectivity index (χ3v) is 4.70. The molecule has 22 heavy (non-hydrogen) atoms. The van der Waals surface area contributed by atoms with E-state index in [1.54, 1.807) is 0 Å². The Morgan fingerprint density at radius 2 is 2.14 bits per heavy atom. The molecule has 4 nitrogen and oxygen atoms in total. The molecule has 4 heteroatoms. The van der Waals surface area contributed by atoms with Crippen LogP contribution in [0.25, 0.3) is 0 Å². The molecule has 0 N–H and O–H groups in total. The molecule has 1 atom stereocenters. The van der Waals surface area contributed by atoms with Gasteiger partial charge in [0.2, 0.25) is 5.91 Å². The van der Waals surface area contributed by atoms with Crippen LogP contribution in [-0.2, 0) is 11.3 Å². The number of carbonyl (C=O) groups is 1. The molecule has 0 radical (unpaired) electrons. The molecular formula is C18H28N2O2. The Hall–Kier alpha value is -1.58. The first-order valence-electron chi connectivity index (χ1n) is 8.14. The number of piperidine rings is 1. The molecule has 0 saturated carbocycles. The zero-order valence-electron chi connectivity index (χ0n) is 14.5. The number of hydrogen-bond donors (Lipinski definition) is 0. The van der Waals surface area contributed by atoms with Gasteiger partial charge in [0.25, 0.3) is 0 Å². The maximum absolute atomic E-state index is 12.3. The Morgan fingerprint density at radius 1 is 1.41 bits per heavy atom. The Bertz CT molecular complexity index is 550. The standard InChI is InChI=1S/C18H28N2O2/c1-13(2)7-6-9-18(5)10-8-17(21)20(12-18)11-16-14(3)19-22-15(16)4/h7H,6,8-12H2,1-5H3/t18-/m0/s1. The quantitative estimate of drug-likeness (QED) is 0.767. The van der Waals surface area contributed by atoms with Gasteiger partial charge in [-0.25, -0.2) is 0 Å². The van der Waals surface area contributed by atoms with E-state index in [1.807, 2.05) is 18.7 Å². The highest BCUT2D eigenvalue weighted by molar-refractivity contribution is 5.77. The summed E-state index contributed by atoms with van der Waals surface area (Å²) < 4.78 is 5.22. The van der Waals surface area contributed by atoms with Crippen LogP contribution in [0.15, 0.2) is 16.2 Å². The second-order valence-electron chi connectivity index (χ2n) is 7.18. The summed E-state index contributed by atoms with van der Waals surface area (Å²) in [6.45, 7) is 11.9. The Balaban J connectivity index is 2.04. The van der Waals surface area contributed by atoms with Gasteiger partial charge in [0.05, 0.1) is 12.2 Å². The molecule has 0 aromatic carbocycles. The fourth-order valence-electron chi connectivity index (χ4n) is 3.17. The minimum absolute atomic E-state index is 0.207. The lowest BCUT2D eigenvalue weighted by atomic mass is 9.77. The van der Waals surface area contributed by atoms with Crippen molar-refractivity contribution >= 4 is 5.91 Å². The number of carbonyl (C=O) groups excluding carboxylic acids is 1. The summed E-state index contributed by atoms with van der Waals surface area (Å²) in [5.74, 6) is 1.07. The molecule has 1 fully saturated rings. The zero-order valence-corrected chi connectivity index (χ0v) is 14.5. The number of nitrogens with zero attached hydrogens (tertiary/aromatic N) is 2. The monoisotopic (exact) mass is 304 g/mol. The average Bonchev–Trinajstić information content (AvgIpc) is 2.74. The van der Waals surface area contributed by atoms with E-state index in [9.17, 15) is 4.79 Å². The first-order valence-corrected chi connectivity index (χ1v) is 8.14. The van der Waals surface area contributed by atoms with Gasteiger partial charge in [-0.3, -0.25) is 4.79 Å². The fourth-order valence-corrected chi connectivity index (χ4v) is 3.17. The lowest BCUT2D eigenvalue weighted by Crippen LogP contribution is -2.44. The Kier molecular flexibility index (Phi) is 5.09. The van der Waals surface area contributed by atoms with Gasteiger partial charge >= 0.3 is 0 Å². The highest BCUT2D eigenvalue weighted by atomic mass is 16.5. The summed E-state index contributed by atoms with van der Waals surface area (Å²) in [7, 11) is 0. The third-order valence-electron chi connectivity index (χ3n) is 4.70. The number of allylic oxidation sites excluding steroid dienone is 2. The van der Waals surface area contributed by atoms with Crippen LogP contribution in [0, 0.1) is 19.3 Å². The van der Waals surface area contributed by atoms with E-state index in [0.29, 0.717) is 13.0 Å². The average molecular weight is 304 g/mol. The smallest absolute Gasteiger partial charge is 0.222 e. The van der Waals surface area contributed by atoms with Crippen LogP contribution in [0.3, 0.4) is 0 Å². The van der Waals surface area contributed by atoms with Crippen molar-refractivity contribution in [2.24, 2.45) is 5.41 Å². The molecule has 0 bridgehead atoms. The van der Waals surface area contributed by atoms with Crippen molar-refractivity contribution < 1.29 is 9.32 Å². The maximum Gasteiger partial charge on any atom is 0.222 e. The number of amides is 1. The van der Waals surface area contributed by atoms with E-state index in [4.69, 9.17) is 4.52 Å². The Labute approximate surface area is 133 Å². The topological polar surface area (TPSA) is 46.3 Å². The first-order chi connectivity index (χ1) is 10.3. The lowest BCUT2D eigenvalue weighted by Gasteiger charge is -2.40. The molecular weight excluding hydrogens is 276 g/mol. The number of likely N-dealkylation sites (tertiary alicyclic amines) is 1. The van der Waals surface area contributed by atoms with E-state index in [1.165, 1.54) is 5.57 Å². The van der Waals surface area contributed by atoms with E-state index in [2.05, 4.69) is 32.0 Å². The van der Waals surface area contributed by atoms with Crippen LogP contribution < -0.4 is 0 Å². The number of hydrogen-bond acceptors (Lipinski definition) is 3. The van der Waals surface area contributed by atoms with Gasteiger partial charge in [-0.05, 0) is 52.4 Å². The van der Waals surface area contributed by atoms with Crippen LogP contribution in [0.4, 0.5) is 0 Å². The summed E-state index contributed by atoms with van der Waals surface area (Å²) in [6, 6.07) is 0. The third kappa shape index (κ3) is 3.99. The molecule has 2 heterocycles. The fraction of sp³-hybridized carbons (Fsp3) is 0.667. The van der Waals surface area contributed by atoms with Crippen molar-refractivity contribution in [3.05, 3.63) is 28.7 Å². The van der Waals surface area contributed by atoms with Crippen LogP contribution in [0.2, 0.25) is 0 Å². The molecule has 1 aliphatic heterocycles. The van der Waals surface area contributed by atoms with Gasteiger partial charge < -0.3 is 9.42 Å². The summed E-state index contributed by atoms with van der Waals surface area (Å²) >= 11 is 0. The van der Waals surface area contributed by atoms with E-state index in [-0.39, 0.29) is 11.3 Å². The lowest BCUT2D eigenvalue weighted by molar-refractivity contribution is -0.138. The molecule has 0 unspecified atom stereocenters. The molecule has 1 saturated heterocycles. The van der Waals surface area contributed by atoms with Gasteiger partial charge in [-0.15, -0.1) is 0 Å². The summed E-state index contributed by atoms with van der Waals surface area (Å²) in [6.07, 6.45) is 6.14. The van der Waals surface area contributed by atoms with Gasteiger partial charge in [-0.2, -0.15) is 0 Å². The van der Waals surface area contributed by atoms with Gasteiger partial charge in [-0.1, -0.05) is 23.7 Å². The second-order valence-corrected chi connectivity index (χ2v) is 7.18. The molecule has 122 valence electrons. The number of aromatic nitrogens is 1.